The van der Waals surface area contributed by atoms with Gasteiger partial charge in [-0.15, -0.1) is 11.3 Å². The minimum atomic E-state index is -0.657. The summed E-state index contributed by atoms with van der Waals surface area (Å²) in [5, 5.41) is 5.84. The van der Waals surface area contributed by atoms with E-state index in [9.17, 15) is 4.79 Å². The maximum atomic E-state index is 12.8. The lowest BCUT2D eigenvalue weighted by Crippen LogP contribution is -2.53. The number of benzene rings is 1. The molecule has 30 heavy (non-hydrogen) atoms. The molecule has 0 radical (unpaired) electrons. The maximum Gasteiger partial charge on any atom is 0.481 e. The summed E-state index contributed by atoms with van der Waals surface area (Å²) >= 11 is 1.50. The van der Waals surface area contributed by atoms with E-state index in [0.29, 0.717) is 6.42 Å². The zero-order valence-electron chi connectivity index (χ0n) is 18.3. The molecule has 0 spiro atoms. The van der Waals surface area contributed by atoms with Gasteiger partial charge in [0.15, 0.2) is 0 Å². The van der Waals surface area contributed by atoms with Crippen LogP contribution in [0.4, 0.5) is 0 Å². The van der Waals surface area contributed by atoms with Crippen LogP contribution in [0.1, 0.15) is 51.1 Å². The Bertz CT molecular complexity index is 798. The van der Waals surface area contributed by atoms with Crippen molar-refractivity contribution in [2.24, 2.45) is 5.73 Å². The van der Waals surface area contributed by atoms with Crippen molar-refractivity contribution >= 4 is 24.4 Å². The van der Waals surface area contributed by atoms with E-state index < -0.39 is 24.4 Å². The highest BCUT2D eigenvalue weighted by Crippen LogP contribution is 2.38. The lowest BCUT2D eigenvalue weighted by atomic mass is 9.75. The van der Waals surface area contributed by atoms with Gasteiger partial charge >= 0.3 is 7.12 Å². The molecule has 1 saturated heterocycles. The number of aryl methyl sites for hydroxylation is 1. The maximum absolute atomic E-state index is 12.8. The van der Waals surface area contributed by atoms with Gasteiger partial charge in [0, 0.05) is 18.0 Å². The minimum absolute atomic E-state index is 0.204. The van der Waals surface area contributed by atoms with Crippen molar-refractivity contribution in [1.29, 1.82) is 0 Å². The summed E-state index contributed by atoms with van der Waals surface area (Å²) in [6.45, 7) is 8.07. The van der Waals surface area contributed by atoms with Gasteiger partial charge < -0.3 is 20.4 Å². The Labute approximate surface area is 183 Å². The van der Waals surface area contributed by atoms with E-state index in [1.807, 2.05) is 51.3 Å². The first-order valence-electron chi connectivity index (χ1n) is 10.5. The summed E-state index contributed by atoms with van der Waals surface area (Å²) < 4.78 is 12.5. The number of rotatable bonds is 9. The Morgan fingerprint density at radius 1 is 1.20 bits per heavy atom. The first kappa shape index (κ1) is 22.9. The number of carbonyl (C=O) groups is 1. The minimum Gasteiger partial charge on any atom is -0.402 e. The number of amides is 1. The van der Waals surface area contributed by atoms with Gasteiger partial charge in [-0.25, -0.2) is 4.98 Å². The van der Waals surface area contributed by atoms with Gasteiger partial charge in [-0.3, -0.25) is 4.79 Å². The van der Waals surface area contributed by atoms with Crippen molar-refractivity contribution in [3.63, 3.8) is 0 Å². The number of nitrogens with two attached hydrogens (primary N) is 1. The molecule has 8 heteroatoms. The molecule has 3 rings (SSSR count). The van der Waals surface area contributed by atoms with Crippen LogP contribution >= 0.6 is 11.3 Å². The molecule has 0 aliphatic carbocycles. The first-order valence-corrected chi connectivity index (χ1v) is 11.4. The van der Waals surface area contributed by atoms with Gasteiger partial charge in [0.2, 0.25) is 5.91 Å². The summed E-state index contributed by atoms with van der Waals surface area (Å²) in [4.78, 5) is 17.0. The SMILES string of the molecule is CC1(C)OB([C@H](CCCc2ccccc2)NC(=O)C(N)Cc2nccs2)OC1(C)C. The fraction of sp³-hybridized carbons (Fsp3) is 0.545. The second-order valence-corrected chi connectivity index (χ2v) is 9.83. The molecule has 0 bridgehead atoms. The molecule has 0 saturated carbocycles. The fourth-order valence-electron chi connectivity index (χ4n) is 3.42. The average molecular weight is 429 g/mol. The molecule has 1 amide bonds. The molecule has 1 fully saturated rings. The molecule has 1 aliphatic rings. The Morgan fingerprint density at radius 3 is 2.47 bits per heavy atom. The Morgan fingerprint density at radius 2 is 1.87 bits per heavy atom. The normalized spacial score (nSPS) is 19.4. The summed E-state index contributed by atoms with van der Waals surface area (Å²) in [6.07, 6.45) is 4.71. The van der Waals surface area contributed by atoms with E-state index in [4.69, 9.17) is 15.0 Å². The van der Waals surface area contributed by atoms with Crippen LogP contribution < -0.4 is 11.1 Å². The fourth-order valence-corrected chi connectivity index (χ4v) is 4.10. The van der Waals surface area contributed by atoms with E-state index in [1.165, 1.54) is 16.9 Å². The van der Waals surface area contributed by atoms with E-state index in [0.717, 1.165) is 24.3 Å². The summed E-state index contributed by atoms with van der Waals surface area (Å²) in [6, 6.07) is 9.68. The molecule has 2 aromatic rings. The highest BCUT2D eigenvalue weighted by atomic mass is 32.1. The van der Waals surface area contributed by atoms with Gasteiger partial charge in [-0.05, 0) is 52.5 Å². The van der Waals surface area contributed by atoms with Crippen molar-refractivity contribution in [2.45, 2.75) is 76.6 Å². The topological polar surface area (TPSA) is 86.5 Å². The van der Waals surface area contributed by atoms with Gasteiger partial charge in [0.05, 0.1) is 28.2 Å². The summed E-state index contributed by atoms with van der Waals surface area (Å²) in [5.41, 5.74) is 6.52. The lowest BCUT2D eigenvalue weighted by Gasteiger charge is -2.32. The predicted molar refractivity (Wildman–Crippen MR) is 121 cm³/mol. The van der Waals surface area contributed by atoms with Crippen molar-refractivity contribution in [1.82, 2.24) is 10.3 Å². The number of nitrogens with zero attached hydrogens (tertiary/aromatic N) is 1. The molecule has 1 aliphatic heterocycles. The average Bonchev–Trinajstić information content (AvgIpc) is 3.27. The van der Waals surface area contributed by atoms with Crippen LogP contribution in [0, 0.1) is 0 Å². The quantitative estimate of drug-likeness (QED) is 0.598. The summed E-state index contributed by atoms with van der Waals surface area (Å²) in [7, 11) is -0.512. The Balaban J connectivity index is 1.64. The van der Waals surface area contributed by atoms with Gasteiger partial charge in [-0.2, -0.15) is 0 Å². The zero-order chi connectivity index (χ0) is 21.8. The second kappa shape index (κ2) is 9.60. The number of carbonyl (C=O) groups excluding carboxylic acids is 1. The van der Waals surface area contributed by atoms with Crippen molar-refractivity contribution in [2.75, 3.05) is 0 Å². The Hall–Kier alpha value is -1.74. The van der Waals surface area contributed by atoms with Crippen LogP contribution in [-0.2, 0) is 26.9 Å². The molecule has 1 aromatic heterocycles. The van der Waals surface area contributed by atoms with Crippen LogP contribution in [0.15, 0.2) is 41.9 Å². The van der Waals surface area contributed by atoms with Gasteiger partial charge in [-0.1, -0.05) is 30.3 Å². The standard InChI is InChI=1S/C22H32BN3O3S/c1-21(2)22(3,4)29-23(28-21)18(12-8-11-16-9-6-5-7-10-16)26-20(27)17(24)15-19-25-13-14-30-19/h5-7,9-10,13-14,17-18H,8,11-12,15,24H2,1-4H3,(H,26,27)/t17?,18-/m0/s1. The van der Waals surface area contributed by atoms with Crippen molar-refractivity contribution in [3.05, 3.63) is 52.5 Å². The monoisotopic (exact) mass is 429 g/mol. The lowest BCUT2D eigenvalue weighted by molar-refractivity contribution is -0.122. The van der Waals surface area contributed by atoms with Crippen LogP contribution in [-0.4, -0.2) is 41.2 Å². The molecular formula is C22H32BN3O3S. The van der Waals surface area contributed by atoms with E-state index in [1.54, 1.807) is 6.20 Å². The third-order valence-electron chi connectivity index (χ3n) is 5.97. The number of hydrogen-bond acceptors (Lipinski definition) is 6. The number of hydrogen-bond donors (Lipinski definition) is 2. The van der Waals surface area contributed by atoms with Crippen molar-refractivity contribution < 1.29 is 14.1 Å². The third-order valence-corrected chi connectivity index (χ3v) is 6.77. The second-order valence-electron chi connectivity index (χ2n) is 8.85. The molecule has 3 N–H and O–H groups in total. The molecule has 6 nitrogen and oxygen atoms in total. The highest BCUT2D eigenvalue weighted by molar-refractivity contribution is 7.09. The predicted octanol–water partition coefficient (Wildman–Crippen LogP) is 3.15. The zero-order valence-corrected chi connectivity index (χ0v) is 19.1. The molecular weight excluding hydrogens is 397 g/mol. The van der Waals surface area contributed by atoms with Crippen molar-refractivity contribution in [3.8, 4) is 0 Å². The molecule has 162 valence electrons. The Kier molecular flexibility index (Phi) is 7.34. The highest BCUT2D eigenvalue weighted by Gasteiger charge is 2.54. The van der Waals surface area contributed by atoms with Crippen LogP contribution in [0.5, 0.6) is 0 Å². The van der Waals surface area contributed by atoms with Crippen LogP contribution in [0.2, 0.25) is 0 Å². The number of aromatic nitrogens is 1. The van der Waals surface area contributed by atoms with E-state index in [2.05, 4.69) is 22.4 Å². The first-order chi connectivity index (χ1) is 14.2. The summed E-state index contributed by atoms with van der Waals surface area (Å²) in [5.74, 6) is -0.478. The van der Waals surface area contributed by atoms with Gasteiger partial charge in [0.1, 0.15) is 0 Å². The van der Waals surface area contributed by atoms with Gasteiger partial charge in [0.25, 0.3) is 0 Å². The van der Waals surface area contributed by atoms with E-state index in [-0.39, 0.29) is 11.8 Å². The van der Waals surface area contributed by atoms with E-state index >= 15 is 0 Å². The third kappa shape index (κ3) is 5.69. The molecule has 1 unspecified atom stereocenters. The molecule has 1 aromatic carbocycles. The van der Waals surface area contributed by atoms with Crippen LogP contribution in [0.3, 0.4) is 0 Å². The number of thiazole rings is 1. The largest absolute Gasteiger partial charge is 0.481 e. The number of nitrogens with one attached hydrogen (secondary N) is 1. The molecule has 2 atom stereocenters. The van der Waals surface area contributed by atoms with Crippen LogP contribution in [0.25, 0.3) is 0 Å². The smallest absolute Gasteiger partial charge is 0.402 e. The molecule has 2 heterocycles.